The first-order chi connectivity index (χ1) is 10.1. The van der Waals surface area contributed by atoms with Gasteiger partial charge in [0.05, 0.1) is 6.33 Å². The molecule has 6 heteroatoms. The molecule has 6 N–H and O–H groups in total. The molecule has 1 atom stereocenters. The van der Waals surface area contributed by atoms with Gasteiger partial charge in [-0.3, -0.25) is 4.79 Å². The molecule has 0 saturated carbocycles. The zero-order chi connectivity index (χ0) is 14.9. The van der Waals surface area contributed by atoms with Crippen molar-refractivity contribution >= 4 is 11.6 Å². The molecule has 1 aromatic heterocycles. The summed E-state index contributed by atoms with van der Waals surface area (Å²) in [6.45, 7) is 0.540. The highest BCUT2D eigenvalue weighted by Gasteiger charge is 2.40. The Morgan fingerprint density at radius 1 is 1.38 bits per heavy atom. The Bertz CT molecular complexity index is 652. The molecule has 1 amide bonds. The molecule has 1 heterocycles. The number of imidazole rings is 1. The van der Waals surface area contributed by atoms with Crippen LogP contribution in [0.2, 0.25) is 0 Å². The topological polar surface area (TPSA) is 110 Å². The first-order valence-electron chi connectivity index (χ1n) is 6.98. The molecule has 1 unspecified atom stereocenters. The molecule has 0 spiro atoms. The van der Waals surface area contributed by atoms with Gasteiger partial charge in [0.2, 0.25) is 5.91 Å². The number of amides is 1. The predicted octanol–water partition coefficient (Wildman–Crippen LogP) is 0.147. The smallest absolute Gasteiger partial charge is 0.240 e. The summed E-state index contributed by atoms with van der Waals surface area (Å²) in [6.07, 6.45) is 5.17. The summed E-state index contributed by atoms with van der Waals surface area (Å²) in [5.41, 5.74) is 15.1. The number of aromatic amines is 1. The second-order valence-electron chi connectivity index (χ2n) is 5.62. The quantitative estimate of drug-likeness (QED) is 0.599. The van der Waals surface area contributed by atoms with Crippen molar-refractivity contribution in [2.75, 3.05) is 12.3 Å². The molecule has 1 aromatic carbocycles. The minimum Gasteiger partial charge on any atom is -0.399 e. The maximum atomic E-state index is 12.4. The third kappa shape index (κ3) is 2.75. The summed E-state index contributed by atoms with van der Waals surface area (Å²) in [5.74, 6) is -0.114. The van der Waals surface area contributed by atoms with Crippen LogP contribution in [0.25, 0.3) is 0 Å². The highest BCUT2D eigenvalue weighted by Crippen LogP contribution is 2.30. The van der Waals surface area contributed by atoms with Gasteiger partial charge in [0.25, 0.3) is 0 Å². The van der Waals surface area contributed by atoms with Crippen LogP contribution in [0.3, 0.4) is 0 Å². The van der Waals surface area contributed by atoms with E-state index in [1.807, 2.05) is 18.2 Å². The largest absolute Gasteiger partial charge is 0.399 e. The molecule has 1 aliphatic carbocycles. The molecule has 0 saturated heterocycles. The number of nitrogen functional groups attached to an aromatic ring is 1. The van der Waals surface area contributed by atoms with Crippen LogP contribution in [0.15, 0.2) is 30.7 Å². The second kappa shape index (κ2) is 5.21. The first kappa shape index (κ1) is 13.6. The van der Waals surface area contributed by atoms with Crippen molar-refractivity contribution in [3.05, 3.63) is 47.5 Å². The Morgan fingerprint density at radius 2 is 2.19 bits per heavy atom. The fourth-order valence-electron chi connectivity index (χ4n) is 2.79. The number of hydrogen-bond acceptors (Lipinski definition) is 4. The van der Waals surface area contributed by atoms with E-state index in [9.17, 15) is 4.79 Å². The Morgan fingerprint density at radius 3 is 2.95 bits per heavy atom. The van der Waals surface area contributed by atoms with Crippen LogP contribution in [0.4, 0.5) is 5.69 Å². The molecule has 0 radical (unpaired) electrons. The lowest BCUT2D eigenvalue weighted by Crippen LogP contribution is -2.55. The number of hydrogen-bond donors (Lipinski definition) is 4. The molecule has 0 aliphatic heterocycles. The maximum absolute atomic E-state index is 12.4. The number of carbonyl (C=O) groups excluding carboxylic acids is 1. The van der Waals surface area contributed by atoms with Crippen LogP contribution >= 0.6 is 0 Å². The fourth-order valence-corrected chi connectivity index (χ4v) is 2.79. The van der Waals surface area contributed by atoms with E-state index in [0.29, 0.717) is 31.5 Å². The number of fused-ring (bicyclic) bond motifs is 1. The number of nitrogens with two attached hydrogens (primary N) is 2. The third-order valence-electron chi connectivity index (χ3n) is 3.93. The Labute approximate surface area is 122 Å². The molecule has 21 heavy (non-hydrogen) atoms. The van der Waals surface area contributed by atoms with Crippen molar-refractivity contribution in [2.45, 2.75) is 24.8 Å². The van der Waals surface area contributed by atoms with E-state index in [1.165, 1.54) is 0 Å². The number of anilines is 1. The second-order valence-corrected chi connectivity index (χ2v) is 5.62. The lowest BCUT2D eigenvalue weighted by molar-refractivity contribution is -0.126. The van der Waals surface area contributed by atoms with Crippen molar-refractivity contribution in [2.24, 2.45) is 5.73 Å². The first-order valence-corrected chi connectivity index (χ1v) is 6.98. The number of rotatable bonds is 4. The van der Waals surface area contributed by atoms with Crippen LogP contribution in [-0.2, 0) is 24.1 Å². The van der Waals surface area contributed by atoms with Gasteiger partial charge in [0.1, 0.15) is 5.54 Å². The lowest BCUT2D eigenvalue weighted by Gasteiger charge is -2.22. The third-order valence-corrected chi connectivity index (χ3v) is 3.93. The van der Waals surface area contributed by atoms with E-state index in [2.05, 4.69) is 15.3 Å². The standard InChI is InChI=1S/C15H19N5O/c16-12-2-1-10-6-15(17,7-11(10)5-12)14(21)19-4-3-13-8-18-9-20-13/h1-2,5,8-9H,3-4,6-7,16-17H2,(H,18,20)(H,19,21). The summed E-state index contributed by atoms with van der Waals surface area (Å²) in [5, 5.41) is 2.91. The number of benzene rings is 1. The van der Waals surface area contributed by atoms with Gasteiger partial charge in [0, 0.05) is 37.0 Å². The molecule has 0 bridgehead atoms. The summed E-state index contributed by atoms with van der Waals surface area (Å²) >= 11 is 0. The SMILES string of the molecule is Nc1ccc2c(c1)CC(N)(C(=O)NCCc1cnc[nH]1)C2. The lowest BCUT2D eigenvalue weighted by atomic mass is 9.96. The summed E-state index contributed by atoms with van der Waals surface area (Å²) in [6, 6.07) is 5.71. The van der Waals surface area contributed by atoms with Gasteiger partial charge in [-0.25, -0.2) is 4.98 Å². The van der Waals surface area contributed by atoms with E-state index in [-0.39, 0.29) is 5.91 Å². The molecule has 0 fully saturated rings. The van der Waals surface area contributed by atoms with Crippen LogP contribution < -0.4 is 16.8 Å². The molecule has 1 aliphatic rings. The average Bonchev–Trinajstić information content (AvgIpc) is 3.05. The zero-order valence-electron chi connectivity index (χ0n) is 11.7. The normalized spacial score (nSPS) is 20.2. The number of nitrogens with zero attached hydrogens (tertiary/aromatic N) is 1. The van der Waals surface area contributed by atoms with E-state index < -0.39 is 5.54 Å². The van der Waals surface area contributed by atoms with Gasteiger partial charge in [-0.1, -0.05) is 6.07 Å². The number of aromatic nitrogens is 2. The Balaban J connectivity index is 1.60. The van der Waals surface area contributed by atoms with Gasteiger partial charge in [-0.15, -0.1) is 0 Å². The van der Waals surface area contributed by atoms with E-state index in [1.54, 1.807) is 12.5 Å². The van der Waals surface area contributed by atoms with Gasteiger partial charge in [0.15, 0.2) is 0 Å². The van der Waals surface area contributed by atoms with Gasteiger partial charge in [-0.05, 0) is 29.7 Å². The minimum atomic E-state index is -0.871. The van der Waals surface area contributed by atoms with Gasteiger partial charge < -0.3 is 21.8 Å². The van der Waals surface area contributed by atoms with Crippen molar-refractivity contribution in [1.82, 2.24) is 15.3 Å². The van der Waals surface area contributed by atoms with Crippen molar-refractivity contribution < 1.29 is 4.79 Å². The van der Waals surface area contributed by atoms with Crippen molar-refractivity contribution in [3.8, 4) is 0 Å². The van der Waals surface area contributed by atoms with Gasteiger partial charge in [-0.2, -0.15) is 0 Å². The Hall–Kier alpha value is -2.34. The molecule has 110 valence electrons. The van der Waals surface area contributed by atoms with Crippen LogP contribution in [0.1, 0.15) is 16.8 Å². The van der Waals surface area contributed by atoms with Gasteiger partial charge >= 0.3 is 0 Å². The molecule has 6 nitrogen and oxygen atoms in total. The highest BCUT2D eigenvalue weighted by molar-refractivity contribution is 5.88. The number of H-pyrrole nitrogens is 1. The number of carbonyl (C=O) groups is 1. The molecule has 3 rings (SSSR count). The van der Waals surface area contributed by atoms with E-state index >= 15 is 0 Å². The highest BCUT2D eigenvalue weighted by atomic mass is 16.2. The zero-order valence-corrected chi connectivity index (χ0v) is 11.7. The van der Waals surface area contributed by atoms with Crippen molar-refractivity contribution in [1.29, 1.82) is 0 Å². The average molecular weight is 285 g/mol. The molecular weight excluding hydrogens is 266 g/mol. The molecule has 2 aromatic rings. The van der Waals surface area contributed by atoms with E-state index in [4.69, 9.17) is 11.5 Å². The Kier molecular flexibility index (Phi) is 3.39. The maximum Gasteiger partial charge on any atom is 0.240 e. The predicted molar refractivity (Wildman–Crippen MR) is 80.5 cm³/mol. The monoisotopic (exact) mass is 285 g/mol. The summed E-state index contributed by atoms with van der Waals surface area (Å²) in [4.78, 5) is 19.3. The van der Waals surface area contributed by atoms with E-state index in [0.717, 1.165) is 16.8 Å². The minimum absolute atomic E-state index is 0.114. The number of nitrogens with one attached hydrogen (secondary N) is 2. The van der Waals surface area contributed by atoms with Crippen LogP contribution in [0.5, 0.6) is 0 Å². The molecular formula is C15H19N5O. The summed E-state index contributed by atoms with van der Waals surface area (Å²) in [7, 11) is 0. The fraction of sp³-hybridized carbons (Fsp3) is 0.333. The van der Waals surface area contributed by atoms with Crippen LogP contribution in [0, 0.1) is 0 Å². The van der Waals surface area contributed by atoms with Crippen molar-refractivity contribution in [3.63, 3.8) is 0 Å². The van der Waals surface area contributed by atoms with Crippen LogP contribution in [-0.4, -0.2) is 28.0 Å². The summed E-state index contributed by atoms with van der Waals surface area (Å²) < 4.78 is 0.